The summed E-state index contributed by atoms with van der Waals surface area (Å²) in [5.41, 5.74) is 1.48. The van der Waals surface area contributed by atoms with E-state index in [2.05, 4.69) is 0 Å². The van der Waals surface area contributed by atoms with Crippen molar-refractivity contribution in [2.24, 2.45) is 0 Å². The maximum absolute atomic E-state index is 12.7. The van der Waals surface area contributed by atoms with Crippen LogP contribution >= 0.6 is 0 Å². The Kier molecular flexibility index (Phi) is 5.40. The van der Waals surface area contributed by atoms with Gasteiger partial charge in [-0.2, -0.15) is 13.2 Å². The maximum Gasteiger partial charge on any atom is 0.416 e. The molecule has 0 spiro atoms. The van der Waals surface area contributed by atoms with Crippen LogP contribution in [0, 0.1) is 0 Å². The van der Waals surface area contributed by atoms with E-state index < -0.39 is 11.7 Å². The van der Waals surface area contributed by atoms with Gasteiger partial charge in [-0.05, 0) is 41.5 Å². The van der Waals surface area contributed by atoms with E-state index >= 15 is 0 Å². The Balaban J connectivity index is 1.32. The molecule has 0 unspecified atom stereocenters. The van der Waals surface area contributed by atoms with Crippen molar-refractivity contribution in [3.63, 3.8) is 0 Å². The Morgan fingerprint density at radius 3 is 2.27 bits per heavy atom. The van der Waals surface area contributed by atoms with Crippen LogP contribution in [0.3, 0.4) is 0 Å². The summed E-state index contributed by atoms with van der Waals surface area (Å²) in [7, 11) is 0. The van der Waals surface area contributed by atoms with Crippen LogP contribution in [0.5, 0.6) is 5.75 Å². The zero-order valence-electron chi connectivity index (χ0n) is 16.2. The average molecular weight is 418 g/mol. The standard InChI is InChI=1S/C22H21F3N2O3/c23-22(24,25)18-4-2-16(3-5-18)21(29)27-10-8-26(9-11-27)20(28)14-15-1-6-19-17(13-15)7-12-30-19/h1-6,13H,7-12,14H2. The van der Waals surface area contributed by atoms with Crippen LogP contribution in [0.15, 0.2) is 42.5 Å². The Labute approximate surface area is 172 Å². The molecule has 2 aliphatic heterocycles. The Bertz CT molecular complexity index is 949. The molecule has 0 radical (unpaired) electrons. The van der Waals surface area contributed by atoms with Crippen LogP contribution in [0.4, 0.5) is 13.2 Å². The van der Waals surface area contributed by atoms with Crippen molar-refractivity contribution < 1.29 is 27.5 Å². The molecule has 0 aliphatic carbocycles. The first kappa shape index (κ1) is 20.3. The molecule has 1 saturated heterocycles. The normalized spacial score (nSPS) is 16.2. The van der Waals surface area contributed by atoms with E-state index in [4.69, 9.17) is 4.74 Å². The Morgan fingerprint density at radius 2 is 1.60 bits per heavy atom. The number of amides is 2. The predicted molar refractivity (Wildman–Crippen MR) is 103 cm³/mol. The summed E-state index contributed by atoms with van der Waals surface area (Å²) in [6.07, 6.45) is -3.29. The number of carbonyl (C=O) groups excluding carboxylic acids is 2. The summed E-state index contributed by atoms with van der Waals surface area (Å²) in [5, 5.41) is 0. The van der Waals surface area contributed by atoms with Gasteiger partial charge in [0.25, 0.3) is 5.91 Å². The van der Waals surface area contributed by atoms with E-state index in [-0.39, 0.29) is 17.4 Å². The van der Waals surface area contributed by atoms with Gasteiger partial charge in [-0.1, -0.05) is 12.1 Å². The first-order valence-corrected chi connectivity index (χ1v) is 9.80. The number of hydrogen-bond donors (Lipinski definition) is 0. The molecule has 0 aromatic heterocycles. The number of rotatable bonds is 3. The minimum Gasteiger partial charge on any atom is -0.493 e. The van der Waals surface area contributed by atoms with Gasteiger partial charge in [-0.25, -0.2) is 0 Å². The van der Waals surface area contributed by atoms with Gasteiger partial charge in [-0.3, -0.25) is 9.59 Å². The minimum absolute atomic E-state index is 0.00417. The number of ether oxygens (including phenoxy) is 1. The monoisotopic (exact) mass is 418 g/mol. The molecule has 1 fully saturated rings. The van der Waals surface area contributed by atoms with Crippen LogP contribution in [0.2, 0.25) is 0 Å². The van der Waals surface area contributed by atoms with Crippen LogP contribution in [0.1, 0.15) is 27.0 Å². The second kappa shape index (κ2) is 8.01. The lowest BCUT2D eigenvalue weighted by atomic mass is 10.1. The molecule has 30 heavy (non-hydrogen) atoms. The molecule has 0 bridgehead atoms. The largest absolute Gasteiger partial charge is 0.493 e. The number of carbonyl (C=O) groups is 2. The molecule has 0 saturated carbocycles. The molecule has 0 N–H and O–H groups in total. The Hall–Kier alpha value is -3.03. The fourth-order valence-electron chi connectivity index (χ4n) is 3.78. The van der Waals surface area contributed by atoms with Gasteiger partial charge in [0.1, 0.15) is 5.75 Å². The zero-order valence-corrected chi connectivity index (χ0v) is 16.2. The molecule has 0 atom stereocenters. The number of alkyl halides is 3. The maximum atomic E-state index is 12.7. The average Bonchev–Trinajstić information content (AvgIpc) is 3.21. The Morgan fingerprint density at radius 1 is 0.933 bits per heavy atom. The van der Waals surface area contributed by atoms with Crippen molar-refractivity contribution in [1.82, 2.24) is 9.80 Å². The lowest BCUT2D eigenvalue weighted by molar-refractivity contribution is -0.137. The first-order chi connectivity index (χ1) is 14.3. The van der Waals surface area contributed by atoms with E-state index in [1.54, 1.807) is 9.80 Å². The van der Waals surface area contributed by atoms with Crippen molar-refractivity contribution in [3.8, 4) is 5.75 Å². The molecule has 2 aromatic carbocycles. The molecule has 2 heterocycles. The summed E-state index contributed by atoms with van der Waals surface area (Å²) < 4.78 is 43.5. The van der Waals surface area contributed by atoms with Gasteiger partial charge in [-0.15, -0.1) is 0 Å². The number of benzene rings is 2. The van der Waals surface area contributed by atoms with Gasteiger partial charge in [0.15, 0.2) is 0 Å². The highest BCUT2D eigenvalue weighted by atomic mass is 19.4. The number of fused-ring (bicyclic) bond motifs is 1. The highest BCUT2D eigenvalue weighted by Gasteiger charge is 2.31. The van der Waals surface area contributed by atoms with Crippen molar-refractivity contribution in [2.45, 2.75) is 19.0 Å². The quantitative estimate of drug-likeness (QED) is 0.770. The number of piperazine rings is 1. The zero-order chi connectivity index (χ0) is 21.3. The fourth-order valence-corrected chi connectivity index (χ4v) is 3.78. The van der Waals surface area contributed by atoms with Crippen molar-refractivity contribution >= 4 is 11.8 Å². The van der Waals surface area contributed by atoms with E-state index in [0.717, 1.165) is 35.4 Å². The smallest absolute Gasteiger partial charge is 0.416 e. The number of hydrogen-bond acceptors (Lipinski definition) is 3. The van der Waals surface area contributed by atoms with Gasteiger partial charge >= 0.3 is 6.18 Å². The molecular formula is C22H21F3N2O3. The van der Waals surface area contributed by atoms with Crippen LogP contribution in [-0.4, -0.2) is 54.4 Å². The number of halogens is 3. The van der Waals surface area contributed by atoms with Crippen molar-refractivity contribution in [2.75, 3.05) is 32.8 Å². The second-order valence-corrected chi connectivity index (χ2v) is 7.47. The minimum atomic E-state index is -4.43. The van der Waals surface area contributed by atoms with E-state index in [1.807, 2.05) is 18.2 Å². The van der Waals surface area contributed by atoms with Crippen LogP contribution < -0.4 is 4.74 Å². The summed E-state index contributed by atoms with van der Waals surface area (Å²) in [4.78, 5) is 28.5. The predicted octanol–water partition coefficient (Wildman–Crippen LogP) is 3.17. The summed E-state index contributed by atoms with van der Waals surface area (Å²) in [6, 6.07) is 10.0. The molecule has 158 valence electrons. The molecule has 4 rings (SSSR count). The lowest BCUT2D eigenvalue weighted by Crippen LogP contribution is -2.51. The van der Waals surface area contributed by atoms with Crippen molar-refractivity contribution in [3.05, 3.63) is 64.7 Å². The molecule has 2 aromatic rings. The third kappa shape index (κ3) is 4.27. The van der Waals surface area contributed by atoms with Crippen molar-refractivity contribution in [1.29, 1.82) is 0 Å². The molecule has 2 aliphatic rings. The van der Waals surface area contributed by atoms with Gasteiger partial charge in [0.05, 0.1) is 18.6 Å². The lowest BCUT2D eigenvalue weighted by Gasteiger charge is -2.35. The molecule has 5 nitrogen and oxygen atoms in total. The summed E-state index contributed by atoms with van der Waals surface area (Å²) in [6.45, 7) is 2.17. The third-order valence-corrected chi connectivity index (χ3v) is 5.49. The summed E-state index contributed by atoms with van der Waals surface area (Å²) in [5.74, 6) is 0.548. The van der Waals surface area contributed by atoms with Crippen LogP contribution in [-0.2, 0) is 23.8 Å². The number of nitrogens with zero attached hydrogens (tertiary/aromatic N) is 2. The third-order valence-electron chi connectivity index (χ3n) is 5.49. The van der Waals surface area contributed by atoms with Crippen LogP contribution in [0.25, 0.3) is 0 Å². The highest BCUT2D eigenvalue weighted by molar-refractivity contribution is 5.94. The van der Waals surface area contributed by atoms with E-state index in [9.17, 15) is 22.8 Å². The van der Waals surface area contributed by atoms with E-state index in [1.165, 1.54) is 12.1 Å². The topological polar surface area (TPSA) is 49.9 Å². The molecular weight excluding hydrogens is 397 g/mol. The summed E-state index contributed by atoms with van der Waals surface area (Å²) >= 11 is 0. The fraction of sp³-hybridized carbons (Fsp3) is 0.364. The first-order valence-electron chi connectivity index (χ1n) is 9.80. The second-order valence-electron chi connectivity index (χ2n) is 7.47. The van der Waals surface area contributed by atoms with Gasteiger partial charge in [0.2, 0.25) is 5.91 Å². The SMILES string of the molecule is O=C(Cc1ccc2c(c1)CCO2)N1CCN(C(=O)c2ccc(C(F)(F)F)cc2)CC1. The van der Waals surface area contributed by atoms with Gasteiger partial charge in [0, 0.05) is 38.2 Å². The molecule has 8 heteroatoms. The molecule has 2 amide bonds. The van der Waals surface area contributed by atoms with Gasteiger partial charge < -0.3 is 14.5 Å². The van der Waals surface area contributed by atoms with E-state index in [0.29, 0.717) is 39.2 Å². The highest BCUT2D eigenvalue weighted by Crippen LogP contribution is 2.29.